The second-order valence-electron chi connectivity index (χ2n) is 15.8. The van der Waals surface area contributed by atoms with E-state index in [2.05, 4.69) is 23.2 Å². The number of carbonyl (C=O) groups is 3. The van der Waals surface area contributed by atoms with Crippen LogP contribution in [0.4, 0.5) is 5.69 Å². The number of halogens is 2. The summed E-state index contributed by atoms with van der Waals surface area (Å²) in [5.41, 5.74) is 8.18. The van der Waals surface area contributed by atoms with Crippen molar-refractivity contribution in [2.24, 2.45) is 0 Å². The summed E-state index contributed by atoms with van der Waals surface area (Å²) in [5.74, 6) is -0.610. The molecule has 10 nitrogen and oxygen atoms in total. The molecule has 0 fully saturated rings. The van der Waals surface area contributed by atoms with Gasteiger partial charge < -0.3 is 24.8 Å². The number of nitrogens with zero attached hydrogens (tertiary/aromatic N) is 3. The molecule has 2 aliphatic heterocycles. The minimum Gasteiger partial charge on any atom is -0.489 e. The fraction of sp³-hybridized carbons (Fsp3) is 0.216. The van der Waals surface area contributed by atoms with Gasteiger partial charge in [0.05, 0.1) is 33.4 Å². The molecule has 2 amide bonds. The number of carboxylic acids is 1. The molecule has 12 heteroatoms. The van der Waals surface area contributed by atoms with Crippen LogP contribution in [0.25, 0.3) is 11.1 Å². The van der Waals surface area contributed by atoms with Gasteiger partial charge in [0.25, 0.3) is 5.91 Å². The predicted molar refractivity (Wildman–Crippen MR) is 243 cm³/mol. The molecule has 6 aromatic carbocycles. The summed E-state index contributed by atoms with van der Waals surface area (Å²) in [4.78, 5) is 44.8. The fourth-order valence-corrected chi connectivity index (χ4v) is 8.70. The van der Waals surface area contributed by atoms with Crippen molar-refractivity contribution in [3.05, 3.63) is 182 Å². The van der Waals surface area contributed by atoms with Crippen molar-refractivity contribution in [2.45, 2.75) is 63.6 Å². The van der Waals surface area contributed by atoms with Gasteiger partial charge in [0.1, 0.15) is 24.1 Å². The summed E-state index contributed by atoms with van der Waals surface area (Å²) in [5, 5.41) is 23.4. The standard InChI is InChI=1S/C51H44Cl2N4O6/c1-3-44(36-7-5-4-6-8-36)57-29-39-27-47-45(56(2)50(59)48(63-47)37-18-20-40(21-19-37)62-30-33-13-22-41(52)42(53)23-33)25-38(39)26-46(57)49(58)55-43(51(60)61)24-31-9-14-34(15-10-31)35-16-11-32(28-54)12-17-35/h4-23,25,27,43-44,46,48H,3,24,26,29-30H2,1-2H3,(H,55,58)(H,60,61)/t43-,44-,46-,48+/m0/s1. The Labute approximate surface area is 376 Å². The second kappa shape index (κ2) is 18.8. The molecule has 2 N–H and O–H groups in total. The van der Waals surface area contributed by atoms with Crippen LogP contribution in [-0.2, 0) is 40.4 Å². The Morgan fingerprint density at radius 1 is 0.873 bits per heavy atom. The van der Waals surface area contributed by atoms with Crippen molar-refractivity contribution in [3.63, 3.8) is 0 Å². The quantitative estimate of drug-likeness (QED) is 0.117. The lowest BCUT2D eigenvalue weighted by Gasteiger charge is -2.42. The molecule has 318 valence electrons. The molecule has 0 aliphatic carbocycles. The fourth-order valence-electron chi connectivity index (χ4n) is 8.38. The molecule has 2 heterocycles. The third-order valence-electron chi connectivity index (χ3n) is 11.8. The van der Waals surface area contributed by atoms with Gasteiger partial charge in [-0.15, -0.1) is 0 Å². The first kappa shape index (κ1) is 43.0. The Morgan fingerprint density at radius 2 is 1.56 bits per heavy atom. The summed E-state index contributed by atoms with van der Waals surface area (Å²) >= 11 is 12.2. The number of carboxylic acid groups (broad SMARTS) is 1. The molecular weight excluding hydrogens is 835 g/mol. The number of carbonyl (C=O) groups excluding carboxylic acids is 2. The highest BCUT2D eigenvalue weighted by Crippen LogP contribution is 2.43. The number of hydrogen-bond acceptors (Lipinski definition) is 7. The summed E-state index contributed by atoms with van der Waals surface area (Å²) in [7, 11) is 1.72. The first-order valence-corrected chi connectivity index (χ1v) is 21.4. The number of rotatable bonds is 13. The number of benzene rings is 6. The van der Waals surface area contributed by atoms with E-state index in [1.807, 2.05) is 97.1 Å². The zero-order valence-electron chi connectivity index (χ0n) is 34.6. The summed E-state index contributed by atoms with van der Waals surface area (Å²) in [6.45, 7) is 2.75. The summed E-state index contributed by atoms with van der Waals surface area (Å²) in [6.07, 6.45) is 0.181. The van der Waals surface area contributed by atoms with Crippen molar-refractivity contribution < 1.29 is 29.0 Å². The summed E-state index contributed by atoms with van der Waals surface area (Å²) in [6, 6.07) is 41.3. The van der Waals surface area contributed by atoms with E-state index in [0.29, 0.717) is 57.7 Å². The van der Waals surface area contributed by atoms with E-state index in [4.69, 9.17) is 37.9 Å². The molecule has 0 unspecified atom stereocenters. The lowest BCUT2D eigenvalue weighted by molar-refractivity contribution is -0.143. The Morgan fingerprint density at radius 3 is 2.21 bits per heavy atom. The van der Waals surface area contributed by atoms with Gasteiger partial charge in [0, 0.05) is 31.6 Å². The van der Waals surface area contributed by atoms with Gasteiger partial charge in [-0.1, -0.05) is 115 Å². The maximum Gasteiger partial charge on any atom is 0.326 e. The molecule has 0 saturated carbocycles. The zero-order valence-corrected chi connectivity index (χ0v) is 36.1. The summed E-state index contributed by atoms with van der Waals surface area (Å²) < 4.78 is 12.5. The SMILES string of the molecule is CC[C@@H](c1ccccc1)N1Cc2cc3c(cc2C[C@H]1C(=O)N[C@@H](Cc1ccc(-c2ccc(C#N)cc2)cc1)C(=O)O)N(C)C(=O)[C@@H](c1ccc(OCc2ccc(Cl)c(Cl)c2)cc1)O3. The molecule has 0 spiro atoms. The average Bonchev–Trinajstić information content (AvgIpc) is 3.30. The van der Waals surface area contributed by atoms with E-state index in [1.54, 1.807) is 48.3 Å². The first-order valence-electron chi connectivity index (χ1n) is 20.7. The van der Waals surface area contributed by atoms with Gasteiger partial charge in [-0.2, -0.15) is 5.26 Å². The van der Waals surface area contributed by atoms with Gasteiger partial charge in [-0.3, -0.25) is 14.5 Å². The average molecular weight is 880 g/mol. The van der Waals surface area contributed by atoms with Crippen LogP contribution >= 0.6 is 23.2 Å². The molecule has 0 radical (unpaired) electrons. The highest BCUT2D eigenvalue weighted by atomic mass is 35.5. The van der Waals surface area contributed by atoms with E-state index < -0.39 is 24.2 Å². The Kier molecular flexibility index (Phi) is 12.8. The van der Waals surface area contributed by atoms with Crippen LogP contribution in [0, 0.1) is 11.3 Å². The Balaban J connectivity index is 1.02. The number of anilines is 1. The van der Waals surface area contributed by atoms with Crippen LogP contribution in [0.15, 0.2) is 133 Å². The topological polar surface area (TPSA) is 132 Å². The number of ether oxygens (including phenoxy) is 2. The number of nitriles is 1. The maximum absolute atomic E-state index is 14.5. The molecule has 2 aliphatic rings. The van der Waals surface area contributed by atoms with E-state index >= 15 is 0 Å². The minimum atomic E-state index is -1.18. The zero-order chi connectivity index (χ0) is 44.2. The highest BCUT2D eigenvalue weighted by Gasteiger charge is 2.40. The second-order valence-corrected chi connectivity index (χ2v) is 16.6. The third kappa shape index (κ3) is 9.42. The number of aliphatic carboxylic acids is 1. The van der Waals surface area contributed by atoms with E-state index in [1.165, 1.54) is 0 Å². The van der Waals surface area contributed by atoms with Crippen molar-refractivity contribution in [1.29, 1.82) is 5.26 Å². The van der Waals surface area contributed by atoms with Crippen molar-refractivity contribution in [2.75, 3.05) is 11.9 Å². The number of fused-ring (bicyclic) bond motifs is 2. The highest BCUT2D eigenvalue weighted by molar-refractivity contribution is 6.42. The predicted octanol–water partition coefficient (Wildman–Crippen LogP) is 9.90. The van der Waals surface area contributed by atoms with Gasteiger partial charge in [-0.05, 0) is 100 Å². The molecule has 0 saturated heterocycles. The molecule has 4 atom stereocenters. The van der Waals surface area contributed by atoms with Crippen molar-refractivity contribution in [1.82, 2.24) is 10.2 Å². The molecular formula is C51H44Cl2N4O6. The Hall–Kier alpha value is -6.64. The van der Waals surface area contributed by atoms with Crippen LogP contribution in [-0.4, -0.2) is 46.9 Å². The molecule has 0 bridgehead atoms. The van der Waals surface area contributed by atoms with Crippen LogP contribution in [0.3, 0.4) is 0 Å². The molecule has 0 aromatic heterocycles. The lowest BCUT2D eigenvalue weighted by atomic mass is 9.88. The van der Waals surface area contributed by atoms with E-state index in [9.17, 15) is 19.5 Å². The third-order valence-corrected chi connectivity index (χ3v) is 12.5. The number of likely N-dealkylation sites (N-methyl/N-ethyl adjacent to an activating group) is 1. The van der Waals surface area contributed by atoms with Crippen molar-refractivity contribution in [3.8, 4) is 28.7 Å². The van der Waals surface area contributed by atoms with Gasteiger partial charge in [-0.25, -0.2) is 4.79 Å². The van der Waals surface area contributed by atoms with E-state index in [0.717, 1.165) is 38.9 Å². The normalized spacial score (nSPS) is 16.7. The van der Waals surface area contributed by atoms with Gasteiger partial charge in [0.15, 0.2) is 0 Å². The number of amides is 2. The minimum absolute atomic E-state index is 0.0846. The van der Waals surface area contributed by atoms with Gasteiger partial charge >= 0.3 is 5.97 Å². The molecule has 8 rings (SSSR count). The van der Waals surface area contributed by atoms with Gasteiger partial charge in [0.2, 0.25) is 12.0 Å². The smallest absolute Gasteiger partial charge is 0.326 e. The monoisotopic (exact) mass is 878 g/mol. The van der Waals surface area contributed by atoms with E-state index in [-0.39, 0.29) is 30.9 Å². The van der Waals surface area contributed by atoms with Crippen LogP contribution in [0.2, 0.25) is 10.0 Å². The van der Waals surface area contributed by atoms with Crippen LogP contribution < -0.4 is 19.7 Å². The first-order chi connectivity index (χ1) is 30.5. The molecule has 63 heavy (non-hydrogen) atoms. The molecule has 6 aromatic rings. The largest absolute Gasteiger partial charge is 0.489 e. The lowest BCUT2D eigenvalue weighted by Crippen LogP contribution is -2.55. The van der Waals surface area contributed by atoms with Crippen molar-refractivity contribution >= 4 is 46.7 Å². The Bertz CT molecular complexity index is 2690. The number of hydrogen-bond donors (Lipinski definition) is 2. The van der Waals surface area contributed by atoms with Crippen LogP contribution in [0.5, 0.6) is 11.5 Å². The maximum atomic E-state index is 14.5. The number of nitrogens with one attached hydrogen (secondary N) is 1. The van der Waals surface area contributed by atoms with Crippen LogP contribution in [0.1, 0.15) is 64.4 Å².